The van der Waals surface area contributed by atoms with Crippen molar-refractivity contribution in [2.24, 2.45) is 17.8 Å². The van der Waals surface area contributed by atoms with Gasteiger partial charge in [-0.2, -0.15) is 0 Å². The second-order valence-electron chi connectivity index (χ2n) is 6.08. The predicted molar refractivity (Wildman–Crippen MR) is 65.6 cm³/mol. The van der Waals surface area contributed by atoms with Crippen LogP contribution in [-0.2, 0) is 14.3 Å². The summed E-state index contributed by atoms with van der Waals surface area (Å²) < 4.78 is 10.7. The summed E-state index contributed by atoms with van der Waals surface area (Å²) in [4.78, 5) is 11.4. The van der Waals surface area contributed by atoms with Crippen molar-refractivity contribution in [1.82, 2.24) is 0 Å². The van der Waals surface area contributed by atoms with E-state index in [-0.39, 0.29) is 17.5 Å². The minimum Gasteiger partial charge on any atom is -0.469 e. The first-order chi connectivity index (χ1) is 7.98. The fraction of sp³-hybridized carbons (Fsp3) is 0.929. The van der Waals surface area contributed by atoms with E-state index in [0.717, 1.165) is 24.7 Å². The van der Waals surface area contributed by atoms with Crippen LogP contribution in [0.5, 0.6) is 0 Å². The molecule has 2 rings (SSSR count). The highest BCUT2D eigenvalue weighted by molar-refractivity contribution is 5.72. The average molecular weight is 240 g/mol. The molecular formula is C14H24O3. The van der Waals surface area contributed by atoms with E-state index in [4.69, 9.17) is 9.47 Å². The van der Waals surface area contributed by atoms with Gasteiger partial charge in [-0.1, -0.05) is 20.8 Å². The van der Waals surface area contributed by atoms with Crippen LogP contribution in [-0.4, -0.2) is 24.8 Å². The van der Waals surface area contributed by atoms with Gasteiger partial charge in [0.05, 0.1) is 24.7 Å². The van der Waals surface area contributed by atoms with Gasteiger partial charge in [-0.15, -0.1) is 0 Å². The maximum absolute atomic E-state index is 11.4. The molecule has 4 atom stereocenters. The molecule has 0 aromatic heterocycles. The van der Waals surface area contributed by atoms with Crippen molar-refractivity contribution in [3.8, 4) is 0 Å². The standard InChI is InChI=1S/C14H24O3/c1-9(2)11-5-6-14(12(7-11)17-14)8-10(3)13(15)16-4/h9-12H,5-8H2,1-4H3/t10?,11-,12-,14-/m0/s1. The summed E-state index contributed by atoms with van der Waals surface area (Å²) in [5.74, 6) is 1.39. The predicted octanol–water partition coefficient (Wildman–Crippen LogP) is 2.78. The molecule has 98 valence electrons. The zero-order valence-electron chi connectivity index (χ0n) is 11.4. The molecule has 3 nitrogen and oxygen atoms in total. The number of hydrogen-bond acceptors (Lipinski definition) is 3. The lowest BCUT2D eigenvalue weighted by molar-refractivity contribution is -0.145. The number of fused-ring (bicyclic) bond motifs is 1. The molecule has 1 unspecified atom stereocenters. The zero-order valence-corrected chi connectivity index (χ0v) is 11.4. The number of carbonyl (C=O) groups excluding carboxylic acids is 1. The third-order valence-electron chi connectivity index (χ3n) is 4.56. The molecule has 1 aliphatic heterocycles. The van der Waals surface area contributed by atoms with Crippen molar-refractivity contribution in [2.75, 3.05) is 7.11 Å². The highest BCUT2D eigenvalue weighted by atomic mass is 16.6. The van der Waals surface area contributed by atoms with Crippen LogP contribution >= 0.6 is 0 Å². The van der Waals surface area contributed by atoms with Crippen molar-refractivity contribution < 1.29 is 14.3 Å². The largest absolute Gasteiger partial charge is 0.469 e. The Hall–Kier alpha value is -0.570. The van der Waals surface area contributed by atoms with Gasteiger partial charge in [0.2, 0.25) is 0 Å². The van der Waals surface area contributed by atoms with Gasteiger partial charge in [0.25, 0.3) is 0 Å². The van der Waals surface area contributed by atoms with Gasteiger partial charge in [0, 0.05) is 0 Å². The van der Waals surface area contributed by atoms with Crippen LogP contribution in [0.2, 0.25) is 0 Å². The average Bonchev–Trinajstić information content (AvgIpc) is 3.00. The van der Waals surface area contributed by atoms with E-state index in [1.807, 2.05) is 6.92 Å². The summed E-state index contributed by atoms with van der Waals surface area (Å²) in [6, 6.07) is 0. The van der Waals surface area contributed by atoms with E-state index in [9.17, 15) is 4.79 Å². The first kappa shape index (κ1) is 12.9. The number of ether oxygens (including phenoxy) is 2. The first-order valence-electron chi connectivity index (χ1n) is 6.74. The summed E-state index contributed by atoms with van der Waals surface area (Å²) >= 11 is 0. The molecule has 17 heavy (non-hydrogen) atoms. The SMILES string of the molecule is COC(=O)C(C)C[C@@]12CC[C@H](C(C)C)C[C@@H]1O2. The summed E-state index contributed by atoms with van der Waals surface area (Å²) in [6.45, 7) is 6.52. The minimum atomic E-state index is -0.111. The second-order valence-corrected chi connectivity index (χ2v) is 6.08. The molecular weight excluding hydrogens is 216 g/mol. The van der Waals surface area contributed by atoms with Crippen molar-refractivity contribution in [2.45, 2.75) is 58.2 Å². The van der Waals surface area contributed by atoms with Crippen molar-refractivity contribution in [3.05, 3.63) is 0 Å². The van der Waals surface area contributed by atoms with E-state index in [1.54, 1.807) is 0 Å². The van der Waals surface area contributed by atoms with E-state index < -0.39 is 0 Å². The maximum Gasteiger partial charge on any atom is 0.308 e. The normalized spacial score (nSPS) is 37.5. The van der Waals surface area contributed by atoms with Crippen LogP contribution in [0, 0.1) is 17.8 Å². The van der Waals surface area contributed by atoms with Gasteiger partial charge in [-0.05, 0) is 37.5 Å². The molecule has 0 aromatic carbocycles. The van der Waals surface area contributed by atoms with Gasteiger partial charge in [-0.25, -0.2) is 0 Å². The summed E-state index contributed by atoms with van der Waals surface area (Å²) in [5, 5.41) is 0. The van der Waals surface area contributed by atoms with Crippen LogP contribution in [0.15, 0.2) is 0 Å². The smallest absolute Gasteiger partial charge is 0.308 e. The lowest BCUT2D eigenvalue weighted by Crippen LogP contribution is -2.30. The Morgan fingerprint density at radius 1 is 1.47 bits per heavy atom. The second kappa shape index (κ2) is 4.60. The molecule has 0 spiro atoms. The number of hydrogen-bond donors (Lipinski definition) is 0. The Morgan fingerprint density at radius 3 is 2.71 bits per heavy atom. The number of rotatable bonds is 4. The van der Waals surface area contributed by atoms with Crippen LogP contribution in [0.1, 0.15) is 46.5 Å². The monoisotopic (exact) mass is 240 g/mol. The molecule has 0 aromatic rings. The van der Waals surface area contributed by atoms with Crippen molar-refractivity contribution in [3.63, 3.8) is 0 Å². The molecule has 1 saturated heterocycles. The topological polar surface area (TPSA) is 38.8 Å². The van der Waals surface area contributed by atoms with Gasteiger partial charge in [-0.3, -0.25) is 4.79 Å². The Morgan fingerprint density at radius 2 is 2.18 bits per heavy atom. The van der Waals surface area contributed by atoms with Crippen LogP contribution < -0.4 is 0 Å². The number of methoxy groups -OCH3 is 1. The molecule has 0 bridgehead atoms. The molecule has 2 fully saturated rings. The van der Waals surface area contributed by atoms with E-state index in [2.05, 4.69) is 13.8 Å². The molecule has 3 heteroatoms. The third kappa shape index (κ3) is 2.49. The molecule has 0 amide bonds. The summed E-state index contributed by atoms with van der Waals surface area (Å²) in [5.41, 5.74) is 0.0129. The molecule has 2 aliphatic rings. The van der Waals surface area contributed by atoms with Crippen LogP contribution in [0.25, 0.3) is 0 Å². The van der Waals surface area contributed by atoms with Gasteiger partial charge >= 0.3 is 5.97 Å². The summed E-state index contributed by atoms with van der Waals surface area (Å²) in [7, 11) is 1.46. The Balaban J connectivity index is 1.87. The van der Waals surface area contributed by atoms with Crippen LogP contribution in [0.3, 0.4) is 0 Å². The highest BCUT2D eigenvalue weighted by Gasteiger charge is 2.59. The minimum absolute atomic E-state index is 0.0129. The molecule has 1 saturated carbocycles. The number of esters is 1. The van der Waals surface area contributed by atoms with Gasteiger partial charge < -0.3 is 9.47 Å². The highest BCUT2D eigenvalue weighted by Crippen LogP contribution is 2.54. The lowest BCUT2D eigenvalue weighted by Gasteiger charge is -2.28. The molecule has 0 N–H and O–H groups in total. The van der Waals surface area contributed by atoms with E-state index in [0.29, 0.717) is 6.10 Å². The van der Waals surface area contributed by atoms with Crippen LogP contribution in [0.4, 0.5) is 0 Å². The zero-order chi connectivity index (χ0) is 12.6. The maximum atomic E-state index is 11.4. The van der Waals surface area contributed by atoms with E-state index in [1.165, 1.54) is 20.0 Å². The van der Waals surface area contributed by atoms with Crippen molar-refractivity contribution in [1.29, 1.82) is 0 Å². The van der Waals surface area contributed by atoms with E-state index >= 15 is 0 Å². The molecule has 1 aliphatic carbocycles. The number of carbonyl (C=O) groups is 1. The Labute approximate surface area is 104 Å². The fourth-order valence-electron chi connectivity index (χ4n) is 3.24. The first-order valence-corrected chi connectivity index (χ1v) is 6.74. The molecule has 0 radical (unpaired) electrons. The summed E-state index contributed by atoms with van der Waals surface area (Å²) in [6.07, 6.45) is 4.75. The quantitative estimate of drug-likeness (QED) is 0.560. The Kier molecular flexibility index (Phi) is 3.48. The molecule has 1 heterocycles. The van der Waals surface area contributed by atoms with Gasteiger partial charge in [0.1, 0.15) is 0 Å². The fourth-order valence-corrected chi connectivity index (χ4v) is 3.24. The third-order valence-corrected chi connectivity index (χ3v) is 4.56. The lowest BCUT2D eigenvalue weighted by atomic mass is 9.74. The number of epoxide rings is 1. The Bertz CT molecular complexity index is 300. The van der Waals surface area contributed by atoms with Gasteiger partial charge in [0.15, 0.2) is 0 Å². The van der Waals surface area contributed by atoms with Crippen molar-refractivity contribution >= 4 is 5.97 Å².